The molecular formula is C15H21N3O. The van der Waals surface area contributed by atoms with Gasteiger partial charge in [0.25, 0.3) is 0 Å². The lowest BCUT2D eigenvalue weighted by molar-refractivity contribution is 0.172. The lowest BCUT2D eigenvalue weighted by Crippen LogP contribution is -2.16. The van der Waals surface area contributed by atoms with Gasteiger partial charge in [0.2, 0.25) is 0 Å². The molecule has 0 bridgehead atoms. The van der Waals surface area contributed by atoms with Gasteiger partial charge in [0.05, 0.1) is 11.8 Å². The summed E-state index contributed by atoms with van der Waals surface area (Å²) in [5.41, 5.74) is 3.31. The van der Waals surface area contributed by atoms with Crippen molar-refractivity contribution in [1.82, 2.24) is 14.8 Å². The van der Waals surface area contributed by atoms with Crippen molar-refractivity contribution < 1.29 is 5.11 Å². The van der Waals surface area contributed by atoms with Crippen LogP contribution >= 0.6 is 0 Å². The zero-order valence-electron chi connectivity index (χ0n) is 11.6. The molecule has 1 unspecified atom stereocenters. The van der Waals surface area contributed by atoms with Gasteiger partial charge in [-0.15, -0.1) is 0 Å². The van der Waals surface area contributed by atoms with Gasteiger partial charge in [-0.3, -0.25) is 9.67 Å². The van der Waals surface area contributed by atoms with Crippen molar-refractivity contribution in [3.63, 3.8) is 0 Å². The van der Waals surface area contributed by atoms with E-state index in [1.807, 2.05) is 16.8 Å². The second kappa shape index (κ2) is 6.48. The maximum Gasteiger partial charge on any atom is 0.0635 e. The number of aryl methyl sites for hydroxylation is 2. The van der Waals surface area contributed by atoms with E-state index in [2.05, 4.69) is 30.0 Å². The number of aliphatic hydroxyl groups excluding tert-OH is 1. The lowest BCUT2D eigenvalue weighted by atomic mass is 10.1. The maximum atomic E-state index is 10.2. The number of rotatable bonds is 6. The molecule has 0 aliphatic rings. The van der Waals surface area contributed by atoms with Gasteiger partial charge in [-0.1, -0.05) is 6.92 Å². The zero-order chi connectivity index (χ0) is 13.7. The summed E-state index contributed by atoms with van der Waals surface area (Å²) < 4.78 is 1.98. The van der Waals surface area contributed by atoms with Crippen molar-refractivity contribution in [1.29, 1.82) is 0 Å². The van der Waals surface area contributed by atoms with Gasteiger partial charge in [-0.2, -0.15) is 5.10 Å². The molecule has 0 saturated carbocycles. The number of aliphatic hydroxyl groups is 1. The molecule has 0 spiro atoms. The summed E-state index contributed by atoms with van der Waals surface area (Å²) in [6.07, 6.45) is 5.36. The molecule has 0 amide bonds. The second-order valence-electron chi connectivity index (χ2n) is 4.71. The number of pyridine rings is 1. The Balaban J connectivity index is 2.02. The predicted octanol–water partition coefficient (Wildman–Crippen LogP) is 2.01. The van der Waals surface area contributed by atoms with Crippen molar-refractivity contribution in [2.45, 2.75) is 45.8 Å². The average Bonchev–Trinajstić information content (AvgIpc) is 2.82. The number of hydrogen-bond acceptors (Lipinski definition) is 3. The average molecular weight is 259 g/mol. The van der Waals surface area contributed by atoms with E-state index in [1.165, 1.54) is 0 Å². The quantitative estimate of drug-likeness (QED) is 0.863. The van der Waals surface area contributed by atoms with Crippen molar-refractivity contribution in [3.05, 3.63) is 47.5 Å². The Hall–Kier alpha value is -1.68. The van der Waals surface area contributed by atoms with E-state index in [9.17, 15) is 5.11 Å². The molecule has 0 aliphatic carbocycles. The number of aromatic nitrogens is 3. The summed E-state index contributed by atoms with van der Waals surface area (Å²) in [7, 11) is 0. The first-order valence-electron chi connectivity index (χ1n) is 6.85. The van der Waals surface area contributed by atoms with Crippen LogP contribution < -0.4 is 0 Å². The standard InChI is InChI=1S/C15H21N3O/c1-3-13-10-14(18(4-2)17-13)11-15(19)9-12-5-7-16-8-6-12/h5-8,10,15,19H,3-4,9,11H2,1-2H3. The Morgan fingerprint density at radius 1 is 1.21 bits per heavy atom. The molecule has 2 rings (SSSR count). The summed E-state index contributed by atoms with van der Waals surface area (Å²) in [5, 5.41) is 14.7. The third-order valence-electron chi connectivity index (χ3n) is 3.24. The highest BCUT2D eigenvalue weighted by Crippen LogP contribution is 2.11. The first-order valence-corrected chi connectivity index (χ1v) is 6.85. The van der Waals surface area contributed by atoms with Crippen LogP contribution in [0.2, 0.25) is 0 Å². The van der Waals surface area contributed by atoms with E-state index in [4.69, 9.17) is 0 Å². The van der Waals surface area contributed by atoms with Crippen LogP contribution in [0, 0.1) is 0 Å². The summed E-state index contributed by atoms with van der Waals surface area (Å²) in [6.45, 7) is 5.02. The van der Waals surface area contributed by atoms with E-state index in [-0.39, 0.29) is 6.10 Å². The third kappa shape index (κ3) is 3.64. The van der Waals surface area contributed by atoms with Crippen LogP contribution in [0.15, 0.2) is 30.6 Å². The molecule has 1 N–H and O–H groups in total. The van der Waals surface area contributed by atoms with E-state index in [0.29, 0.717) is 12.8 Å². The molecule has 0 aliphatic heterocycles. The summed E-state index contributed by atoms with van der Waals surface area (Å²) in [5.74, 6) is 0. The van der Waals surface area contributed by atoms with Gasteiger partial charge >= 0.3 is 0 Å². The molecule has 2 aromatic rings. The molecule has 0 fully saturated rings. The van der Waals surface area contributed by atoms with E-state index >= 15 is 0 Å². The molecular weight excluding hydrogens is 238 g/mol. The van der Waals surface area contributed by atoms with Gasteiger partial charge < -0.3 is 5.11 Å². The van der Waals surface area contributed by atoms with Gasteiger partial charge in [-0.25, -0.2) is 0 Å². The van der Waals surface area contributed by atoms with E-state index in [1.54, 1.807) is 12.4 Å². The molecule has 4 nitrogen and oxygen atoms in total. The smallest absolute Gasteiger partial charge is 0.0635 e. The highest BCUT2D eigenvalue weighted by Gasteiger charge is 2.12. The topological polar surface area (TPSA) is 50.9 Å². The summed E-state index contributed by atoms with van der Waals surface area (Å²) in [6, 6.07) is 5.98. The van der Waals surface area contributed by atoms with Crippen LogP contribution in [0.5, 0.6) is 0 Å². The van der Waals surface area contributed by atoms with Gasteiger partial charge in [0, 0.05) is 31.1 Å². The molecule has 0 aromatic carbocycles. The molecule has 4 heteroatoms. The van der Waals surface area contributed by atoms with E-state index in [0.717, 1.165) is 29.9 Å². The van der Waals surface area contributed by atoms with Gasteiger partial charge in [0.15, 0.2) is 0 Å². The van der Waals surface area contributed by atoms with Crippen LogP contribution in [0.1, 0.15) is 30.8 Å². The molecule has 1 atom stereocenters. The largest absolute Gasteiger partial charge is 0.392 e. The first kappa shape index (κ1) is 13.7. The molecule has 0 radical (unpaired) electrons. The Morgan fingerprint density at radius 3 is 2.58 bits per heavy atom. The van der Waals surface area contributed by atoms with Crippen molar-refractivity contribution in [2.75, 3.05) is 0 Å². The van der Waals surface area contributed by atoms with Crippen molar-refractivity contribution in [3.8, 4) is 0 Å². The molecule has 0 saturated heterocycles. The molecule has 19 heavy (non-hydrogen) atoms. The first-order chi connectivity index (χ1) is 9.22. The van der Waals surface area contributed by atoms with Gasteiger partial charge in [0.1, 0.15) is 0 Å². The van der Waals surface area contributed by atoms with Crippen LogP contribution in [-0.2, 0) is 25.8 Å². The minimum absolute atomic E-state index is 0.380. The SMILES string of the molecule is CCc1cc(CC(O)Cc2ccncc2)n(CC)n1. The van der Waals surface area contributed by atoms with Gasteiger partial charge in [-0.05, 0) is 43.5 Å². The normalized spacial score (nSPS) is 12.6. The predicted molar refractivity (Wildman–Crippen MR) is 74.9 cm³/mol. The highest BCUT2D eigenvalue weighted by molar-refractivity contribution is 5.14. The highest BCUT2D eigenvalue weighted by atomic mass is 16.3. The Bertz CT molecular complexity index is 507. The monoisotopic (exact) mass is 259 g/mol. The minimum atomic E-state index is -0.380. The Morgan fingerprint density at radius 2 is 1.95 bits per heavy atom. The van der Waals surface area contributed by atoms with E-state index < -0.39 is 0 Å². The van der Waals surface area contributed by atoms with Crippen LogP contribution in [0.3, 0.4) is 0 Å². The lowest BCUT2D eigenvalue weighted by Gasteiger charge is -2.11. The molecule has 2 heterocycles. The maximum absolute atomic E-state index is 10.2. The van der Waals surface area contributed by atoms with Crippen LogP contribution in [0.25, 0.3) is 0 Å². The fraction of sp³-hybridized carbons (Fsp3) is 0.467. The minimum Gasteiger partial charge on any atom is -0.392 e. The molecule has 102 valence electrons. The number of nitrogens with zero attached hydrogens (tertiary/aromatic N) is 3. The Labute approximate surface area is 114 Å². The van der Waals surface area contributed by atoms with Crippen molar-refractivity contribution in [2.24, 2.45) is 0 Å². The summed E-state index contributed by atoms with van der Waals surface area (Å²) >= 11 is 0. The van der Waals surface area contributed by atoms with Crippen LogP contribution in [0.4, 0.5) is 0 Å². The third-order valence-corrected chi connectivity index (χ3v) is 3.24. The fourth-order valence-electron chi connectivity index (χ4n) is 2.23. The summed E-state index contributed by atoms with van der Waals surface area (Å²) in [4.78, 5) is 3.98. The van der Waals surface area contributed by atoms with Crippen molar-refractivity contribution >= 4 is 0 Å². The van der Waals surface area contributed by atoms with Crippen LogP contribution in [-0.4, -0.2) is 26.0 Å². The zero-order valence-corrected chi connectivity index (χ0v) is 11.6. The molecule has 2 aromatic heterocycles. The fourth-order valence-corrected chi connectivity index (χ4v) is 2.23. The Kier molecular flexibility index (Phi) is 4.68. The number of hydrogen-bond donors (Lipinski definition) is 1. The second-order valence-corrected chi connectivity index (χ2v) is 4.71.